The number of nitrogens with one attached hydrogen (secondary N) is 1. The number of carbonyl (C=O) groups excluding carboxylic acids is 1. The van der Waals surface area contributed by atoms with Crippen molar-refractivity contribution in [1.29, 1.82) is 0 Å². The van der Waals surface area contributed by atoms with Crippen LogP contribution in [0.1, 0.15) is 53.1 Å². The van der Waals surface area contributed by atoms with Gasteiger partial charge in [0.2, 0.25) is 15.9 Å². The van der Waals surface area contributed by atoms with E-state index in [1.165, 1.54) is 0 Å². The second kappa shape index (κ2) is 9.95. The summed E-state index contributed by atoms with van der Waals surface area (Å²) in [5, 5.41) is 3.09. The highest BCUT2D eigenvalue weighted by Crippen LogP contribution is 2.30. The van der Waals surface area contributed by atoms with Crippen molar-refractivity contribution in [2.45, 2.75) is 59.3 Å². The van der Waals surface area contributed by atoms with Gasteiger partial charge < -0.3 is 5.32 Å². The first-order valence-electron chi connectivity index (χ1n) is 11.6. The number of rotatable bonds is 6. The smallest absolute Gasteiger partial charge is 0.243 e. The molecule has 1 heterocycles. The van der Waals surface area contributed by atoms with E-state index in [1.807, 2.05) is 63.8 Å². The lowest BCUT2D eigenvalue weighted by Crippen LogP contribution is -2.50. The summed E-state index contributed by atoms with van der Waals surface area (Å²) >= 11 is 0. The normalized spacial score (nSPS) is 15.8. The summed E-state index contributed by atoms with van der Waals surface area (Å²) in [4.78, 5) is 15.2. The molecule has 1 N–H and O–H groups in total. The van der Waals surface area contributed by atoms with Crippen LogP contribution >= 0.6 is 0 Å². The number of benzene rings is 2. The van der Waals surface area contributed by atoms with Gasteiger partial charge in [-0.25, -0.2) is 8.42 Å². The first-order chi connectivity index (χ1) is 15.4. The third kappa shape index (κ3) is 5.31. The Labute approximate surface area is 199 Å². The van der Waals surface area contributed by atoms with Gasteiger partial charge >= 0.3 is 0 Å². The Balaban J connectivity index is 1.67. The molecule has 6 nitrogen and oxygen atoms in total. The zero-order chi connectivity index (χ0) is 24.5. The lowest BCUT2D eigenvalue weighted by Gasteiger charge is -2.34. The topological polar surface area (TPSA) is 69.7 Å². The highest BCUT2D eigenvalue weighted by atomic mass is 32.2. The predicted octanol–water partition coefficient (Wildman–Crippen LogP) is 4.30. The Morgan fingerprint density at radius 2 is 1.52 bits per heavy atom. The summed E-state index contributed by atoms with van der Waals surface area (Å²) in [6, 6.07) is 8.11. The number of carbonyl (C=O) groups is 1. The standard InChI is InChI=1S/C26H37N3O3S/c1-17(2)23-10-8-9-18(3)25(23)27-24(30)16-28-11-13-29(14-12-28)33(31,32)26-21(6)19(4)15-20(5)22(26)7/h8-10,15,17H,11-14,16H2,1-7H3,(H,27,30). The lowest BCUT2D eigenvalue weighted by atomic mass is 9.98. The van der Waals surface area contributed by atoms with Crippen molar-refractivity contribution in [3.8, 4) is 0 Å². The zero-order valence-electron chi connectivity index (χ0n) is 20.9. The van der Waals surface area contributed by atoms with Crippen molar-refractivity contribution in [1.82, 2.24) is 9.21 Å². The molecule has 3 rings (SSSR count). The third-order valence-corrected chi connectivity index (χ3v) is 8.96. The molecule has 1 saturated heterocycles. The Morgan fingerprint density at radius 1 is 0.939 bits per heavy atom. The van der Waals surface area contributed by atoms with Gasteiger partial charge in [-0.05, 0) is 73.9 Å². The van der Waals surface area contributed by atoms with Gasteiger partial charge in [-0.2, -0.15) is 4.31 Å². The SMILES string of the molecule is Cc1cc(C)c(C)c(S(=O)(=O)N2CCN(CC(=O)Nc3c(C)cccc3C(C)C)CC2)c1C. The number of hydrogen-bond donors (Lipinski definition) is 1. The number of aryl methyl sites for hydroxylation is 3. The Bertz CT molecular complexity index is 1120. The molecule has 33 heavy (non-hydrogen) atoms. The van der Waals surface area contributed by atoms with E-state index in [9.17, 15) is 13.2 Å². The molecule has 0 bridgehead atoms. The van der Waals surface area contributed by atoms with E-state index >= 15 is 0 Å². The summed E-state index contributed by atoms with van der Waals surface area (Å²) in [7, 11) is -3.58. The van der Waals surface area contributed by atoms with Crippen LogP contribution in [0, 0.1) is 34.6 Å². The molecule has 0 radical (unpaired) electrons. The highest BCUT2D eigenvalue weighted by Gasteiger charge is 2.32. The third-order valence-electron chi connectivity index (χ3n) is 6.79. The van der Waals surface area contributed by atoms with Gasteiger partial charge in [-0.3, -0.25) is 9.69 Å². The van der Waals surface area contributed by atoms with Crippen molar-refractivity contribution in [2.24, 2.45) is 0 Å². The molecule has 1 amide bonds. The van der Waals surface area contributed by atoms with Gasteiger partial charge in [0.1, 0.15) is 0 Å². The molecule has 1 aliphatic heterocycles. The van der Waals surface area contributed by atoms with Gasteiger partial charge in [0.05, 0.1) is 11.4 Å². The van der Waals surface area contributed by atoms with Crippen LogP contribution < -0.4 is 5.32 Å². The molecule has 1 fully saturated rings. The maximum absolute atomic E-state index is 13.5. The van der Waals surface area contributed by atoms with E-state index in [4.69, 9.17) is 0 Å². The number of hydrogen-bond acceptors (Lipinski definition) is 4. The van der Waals surface area contributed by atoms with E-state index in [2.05, 4.69) is 19.2 Å². The second-order valence-corrected chi connectivity index (χ2v) is 11.4. The minimum absolute atomic E-state index is 0.0662. The van der Waals surface area contributed by atoms with Crippen LogP contribution in [0.2, 0.25) is 0 Å². The molecule has 7 heteroatoms. The second-order valence-electron chi connectivity index (χ2n) is 9.51. The Morgan fingerprint density at radius 3 is 2.06 bits per heavy atom. The van der Waals surface area contributed by atoms with Gasteiger partial charge in [-0.15, -0.1) is 0 Å². The number of sulfonamides is 1. The van der Waals surface area contributed by atoms with Gasteiger partial charge in [0, 0.05) is 31.9 Å². The van der Waals surface area contributed by atoms with Crippen LogP contribution in [0.4, 0.5) is 5.69 Å². The van der Waals surface area contributed by atoms with E-state index in [-0.39, 0.29) is 12.5 Å². The molecule has 0 atom stereocenters. The molecule has 2 aromatic carbocycles. The molecule has 0 unspecified atom stereocenters. The molecule has 0 aromatic heterocycles. The van der Waals surface area contributed by atoms with Crippen LogP contribution in [-0.2, 0) is 14.8 Å². The summed E-state index contributed by atoms with van der Waals surface area (Å²) in [6.45, 7) is 16.0. The van der Waals surface area contributed by atoms with E-state index < -0.39 is 10.0 Å². The van der Waals surface area contributed by atoms with Crippen LogP contribution in [0.5, 0.6) is 0 Å². The molecular weight excluding hydrogens is 434 g/mol. The van der Waals surface area contributed by atoms with Gasteiger partial charge in [0.15, 0.2) is 0 Å². The maximum atomic E-state index is 13.5. The quantitative estimate of drug-likeness (QED) is 0.682. The van der Waals surface area contributed by atoms with Crippen molar-refractivity contribution < 1.29 is 13.2 Å². The molecule has 180 valence electrons. The first-order valence-corrected chi connectivity index (χ1v) is 13.1. The summed E-state index contributed by atoms with van der Waals surface area (Å²) < 4.78 is 28.5. The highest BCUT2D eigenvalue weighted by molar-refractivity contribution is 7.89. The molecule has 0 spiro atoms. The molecule has 0 saturated carbocycles. The van der Waals surface area contributed by atoms with Crippen LogP contribution in [0.25, 0.3) is 0 Å². The van der Waals surface area contributed by atoms with E-state index in [0.717, 1.165) is 39.1 Å². The molecule has 2 aromatic rings. The summed E-state index contributed by atoms with van der Waals surface area (Å²) in [5.41, 5.74) is 6.67. The lowest BCUT2D eigenvalue weighted by molar-refractivity contribution is -0.117. The van der Waals surface area contributed by atoms with Crippen molar-refractivity contribution in [3.63, 3.8) is 0 Å². The number of nitrogens with zero attached hydrogens (tertiary/aromatic N) is 2. The minimum Gasteiger partial charge on any atom is -0.324 e. The summed E-state index contributed by atoms with van der Waals surface area (Å²) in [6.07, 6.45) is 0. The van der Waals surface area contributed by atoms with Crippen LogP contribution in [0.15, 0.2) is 29.2 Å². The molecular formula is C26H37N3O3S. The fourth-order valence-corrected chi connectivity index (χ4v) is 6.55. The van der Waals surface area contributed by atoms with Gasteiger partial charge in [-0.1, -0.05) is 38.1 Å². The average Bonchev–Trinajstić information content (AvgIpc) is 2.74. The van der Waals surface area contributed by atoms with Gasteiger partial charge in [0.25, 0.3) is 0 Å². The Hall–Kier alpha value is -2.22. The number of piperazine rings is 1. The fourth-order valence-electron chi connectivity index (χ4n) is 4.55. The fraction of sp³-hybridized carbons (Fsp3) is 0.500. The number of anilines is 1. The van der Waals surface area contributed by atoms with Crippen LogP contribution in [-0.4, -0.2) is 56.3 Å². The van der Waals surface area contributed by atoms with Crippen LogP contribution in [0.3, 0.4) is 0 Å². The average molecular weight is 472 g/mol. The van der Waals surface area contributed by atoms with Crippen molar-refractivity contribution in [3.05, 3.63) is 57.6 Å². The minimum atomic E-state index is -3.58. The van der Waals surface area contributed by atoms with Crippen molar-refractivity contribution >= 4 is 21.6 Å². The molecule has 0 aliphatic carbocycles. The predicted molar refractivity (Wildman–Crippen MR) is 134 cm³/mol. The molecule has 1 aliphatic rings. The maximum Gasteiger partial charge on any atom is 0.243 e. The monoisotopic (exact) mass is 471 g/mol. The largest absolute Gasteiger partial charge is 0.324 e. The summed E-state index contributed by atoms with van der Waals surface area (Å²) in [5.74, 6) is 0.245. The Kier molecular flexibility index (Phi) is 7.66. The van der Waals surface area contributed by atoms with E-state index in [1.54, 1.807) is 4.31 Å². The number of amides is 1. The number of para-hydroxylation sites is 1. The first kappa shape index (κ1) is 25.4. The zero-order valence-corrected chi connectivity index (χ0v) is 21.8. The van der Waals surface area contributed by atoms with E-state index in [0.29, 0.717) is 37.0 Å². The van der Waals surface area contributed by atoms with Crippen molar-refractivity contribution in [2.75, 3.05) is 38.0 Å².